The van der Waals surface area contributed by atoms with Crippen molar-refractivity contribution in [3.8, 4) is 0 Å². The Hall–Kier alpha value is -2.41. The van der Waals surface area contributed by atoms with E-state index in [4.69, 9.17) is 32.0 Å². The van der Waals surface area contributed by atoms with Crippen molar-refractivity contribution in [2.45, 2.75) is 63.1 Å². The number of ether oxygens (including phenoxy) is 1. The van der Waals surface area contributed by atoms with Gasteiger partial charge < -0.3 is 25.6 Å². The van der Waals surface area contributed by atoms with Crippen LogP contribution in [0, 0.1) is 0 Å². The third-order valence-electron chi connectivity index (χ3n) is 6.37. The molecule has 13 heteroatoms. The van der Waals surface area contributed by atoms with E-state index in [1.54, 1.807) is 12.1 Å². The molecule has 36 heavy (non-hydrogen) atoms. The van der Waals surface area contributed by atoms with Crippen LogP contribution in [0.25, 0.3) is 0 Å². The molecular weight excluding hydrogens is 503 g/mol. The number of aliphatic carboxylic acids is 1. The summed E-state index contributed by atoms with van der Waals surface area (Å²) in [7, 11) is 0. The molecule has 4 rings (SSSR count). The largest absolute Gasteiger partial charge is 0.481 e. The van der Waals surface area contributed by atoms with E-state index in [1.165, 1.54) is 0 Å². The second-order valence-corrected chi connectivity index (χ2v) is 9.50. The Kier molecular flexibility index (Phi) is 9.56. The van der Waals surface area contributed by atoms with Gasteiger partial charge in [0.2, 0.25) is 0 Å². The molecule has 2 saturated heterocycles. The first-order valence-corrected chi connectivity index (χ1v) is 12.0. The van der Waals surface area contributed by atoms with Crippen molar-refractivity contribution in [3.63, 3.8) is 0 Å². The zero-order chi connectivity index (χ0) is 26.5. The van der Waals surface area contributed by atoms with Gasteiger partial charge in [0.25, 0.3) is 5.97 Å². The number of halogens is 4. The van der Waals surface area contributed by atoms with Crippen LogP contribution < -0.4 is 5.73 Å². The molecule has 3 aliphatic rings. The number of hydrogen-bond donors (Lipinski definition) is 3. The highest BCUT2D eigenvalue weighted by Crippen LogP contribution is 2.31. The molecule has 0 spiro atoms. The van der Waals surface area contributed by atoms with Crippen LogP contribution in [0.2, 0.25) is 5.02 Å². The van der Waals surface area contributed by atoms with Crippen LogP contribution in [0.15, 0.2) is 34.5 Å². The zero-order valence-electron chi connectivity index (χ0n) is 19.9. The minimum absolute atomic E-state index is 0.0284. The van der Waals surface area contributed by atoms with E-state index in [0.717, 1.165) is 44.3 Å². The second-order valence-electron chi connectivity index (χ2n) is 9.06. The Labute approximate surface area is 212 Å². The standard InChI is InChI=1S/C21H27ClF3N5O2.C2H4O2/c22-14-3-1-13(2-4-14)9-16-12-32-17(20(31)21(23,24)25)11-30(16)15-5-7-29(8-6-15)19-10-18(26)27-28-19;1-2(3)4/h1-4,15-17,20,31H,5-12H2,(H2,26,27);1H3,(H,3,4)/t16-,17+,20+;/m0./s1. The van der Waals surface area contributed by atoms with E-state index in [2.05, 4.69) is 20.0 Å². The lowest BCUT2D eigenvalue weighted by molar-refractivity contribution is -0.250. The normalized spacial score (nSPS) is 24.4. The van der Waals surface area contributed by atoms with E-state index in [1.807, 2.05) is 12.1 Å². The molecule has 9 nitrogen and oxygen atoms in total. The number of carbonyl (C=O) groups is 1. The molecule has 0 amide bonds. The maximum Gasteiger partial charge on any atom is 0.416 e. The highest BCUT2D eigenvalue weighted by atomic mass is 35.5. The van der Waals surface area contributed by atoms with E-state index in [9.17, 15) is 18.3 Å². The third kappa shape index (κ3) is 7.79. The number of piperidine rings is 1. The summed E-state index contributed by atoms with van der Waals surface area (Å²) in [6.45, 7) is 2.69. The molecule has 3 heterocycles. The Morgan fingerprint density at radius 3 is 2.39 bits per heavy atom. The molecule has 1 aromatic carbocycles. The topological polar surface area (TPSA) is 124 Å². The van der Waals surface area contributed by atoms with Crippen molar-refractivity contribution in [3.05, 3.63) is 34.9 Å². The van der Waals surface area contributed by atoms with Gasteiger partial charge in [-0.2, -0.15) is 13.2 Å². The van der Waals surface area contributed by atoms with Crippen molar-refractivity contribution in [1.29, 1.82) is 0 Å². The first-order valence-electron chi connectivity index (χ1n) is 11.6. The van der Waals surface area contributed by atoms with E-state index in [0.29, 0.717) is 23.7 Å². The molecule has 0 radical (unpaired) electrons. The summed E-state index contributed by atoms with van der Waals surface area (Å²) in [5.74, 6) is 0.494. The Bertz CT molecular complexity index is 948. The molecule has 1 aromatic rings. The van der Waals surface area contributed by atoms with E-state index < -0.39 is 24.4 Å². The van der Waals surface area contributed by atoms with Crippen LogP contribution in [-0.4, -0.2) is 94.4 Å². The van der Waals surface area contributed by atoms with Crippen molar-refractivity contribution in [2.24, 2.45) is 15.9 Å². The maximum absolute atomic E-state index is 13.1. The molecule has 0 unspecified atom stereocenters. The molecule has 0 aromatic heterocycles. The van der Waals surface area contributed by atoms with Gasteiger partial charge in [-0.1, -0.05) is 23.7 Å². The van der Waals surface area contributed by atoms with Crippen LogP contribution in [0.3, 0.4) is 0 Å². The van der Waals surface area contributed by atoms with Crippen molar-refractivity contribution < 1.29 is 32.9 Å². The van der Waals surface area contributed by atoms with Crippen LogP contribution in [0.4, 0.5) is 13.2 Å². The number of nitrogens with zero attached hydrogens (tertiary/aromatic N) is 4. The number of carboxylic acid groups (broad SMARTS) is 1. The molecule has 4 N–H and O–H groups in total. The van der Waals surface area contributed by atoms with Gasteiger partial charge in [-0.15, -0.1) is 10.2 Å². The number of likely N-dealkylation sites (tertiary alicyclic amines) is 1. The molecule has 200 valence electrons. The maximum atomic E-state index is 13.1. The fraction of sp³-hybridized carbons (Fsp3) is 0.609. The van der Waals surface area contributed by atoms with Gasteiger partial charge >= 0.3 is 6.18 Å². The molecule has 0 aliphatic carbocycles. The SMILES string of the molecule is CC(=O)O.NC1=NN=C(N2CCC(N3C[C@H]([C@@H](O)C(F)(F)F)OC[C@@H]3Cc3ccc(Cl)cc3)CC2)C1. The molecular formula is C23H31ClF3N5O4. The molecule has 3 atom stereocenters. The first kappa shape index (κ1) is 28.2. The van der Waals surface area contributed by atoms with E-state index >= 15 is 0 Å². The summed E-state index contributed by atoms with van der Waals surface area (Å²) in [6, 6.07) is 7.43. The predicted molar refractivity (Wildman–Crippen MR) is 129 cm³/mol. The lowest BCUT2D eigenvalue weighted by atomic mass is 9.95. The minimum atomic E-state index is -4.72. The van der Waals surface area contributed by atoms with Crippen LogP contribution in [0.1, 0.15) is 31.7 Å². The summed E-state index contributed by atoms with van der Waals surface area (Å²) in [6.07, 6.45) is -5.83. The van der Waals surface area contributed by atoms with E-state index in [-0.39, 0.29) is 25.2 Å². The average Bonchev–Trinajstić information content (AvgIpc) is 3.26. The number of rotatable bonds is 4. The summed E-state index contributed by atoms with van der Waals surface area (Å²) in [5, 5.41) is 25.9. The lowest BCUT2D eigenvalue weighted by Crippen LogP contribution is -2.61. The lowest BCUT2D eigenvalue weighted by Gasteiger charge is -2.47. The van der Waals surface area contributed by atoms with Gasteiger partial charge in [-0.05, 0) is 37.0 Å². The van der Waals surface area contributed by atoms with Crippen LogP contribution in [-0.2, 0) is 16.0 Å². The Morgan fingerprint density at radius 1 is 1.25 bits per heavy atom. The average molecular weight is 534 g/mol. The molecule has 0 saturated carbocycles. The number of alkyl halides is 3. The highest BCUT2D eigenvalue weighted by molar-refractivity contribution is 6.30. The van der Waals surface area contributed by atoms with Gasteiger partial charge in [0.1, 0.15) is 17.8 Å². The number of amidine groups is 2. The number of nitrogens with two attached hydrogens (primary N) is 1. The van der Waals surface area contributed by atoms with Gasteiger partial charge in [0, 0.05) is 43.7 Å². The van der Waals surface area contributed by atoms with Crippen molar-refractivity contribution in [2.75, 3.05) is 26.2 Å². The number of hydrogen-bond acceptors (Lipinski definition) is 8. The van der Waals surface area contributed by atoms with Gasteiger partial charge in [-0.3, -0.25) is 9.69 Å². The van der Waals surface area contributed by atoms with Gasteiger partial charge in [0.05, 0.1) is 13.0 Å². The minimum Gasteiger partial charge on any atom is -0.481 e. The van der Waals surface area contributed by atoms with Gasteiger partial charge in [0.15, 0.2) is 6.10 Å². The molecule has 0 bridgehead atoms. The molecule has 3 aliphatic heterocycles. The number of carboxylic acids is 1. The van der Waals surface area contributed by atoms with Crippen molar-refractivity contribution >= 4 is 29.2 Å². The number of aliphatic hydroxyl groups excluding tert-OH is 1. The van der Waals surface area contributed by atoms with Crippen LogP contribution in [0.5, 0.6) is 0 Å². The quantitative estimate of drug-likeness (QED) is 0.543. The number of aliphatic hydroxyl groups is 1. The van der Waals surface area contributed by atoms with Crippen molar-refractivity contribution in [1.82, 2.24) is 9.80 Å². The summed E-state index contributed by atoms with van der Waals surface area (Å²) < 4.78 is 44.9. The monoisotopic (exact) mass is 533 g/mol. The summed E-state index contributed by atoms with van der Waals surface area (Å²) >= 11 is 5.98. The fourth-order valence-corrected chi connectivity index (χ4v) is 4.77. The zero-order valence-corrected chi connectivity index (χ0v) is 20.6. The third-order valence-corrected chi connectivity index (χ3v) is 6.62. The summed E-state index contributed by atoms with van der Waals surface area (Å²) in [5.41, 5.74) is 6.75. The smallest absolute Gasteiger partial charge is 0.416 e. The second kappa shape index (κ2) is 12.2. The summed E-state index contributed by atoms with van der Waals surface area (Å²) in [4.78, 5) is 13.2. The Balaban J connectivity index is 0.000000840. The van der Waals surface area contributed by atoms with Crippen LogP contribution >= 0.6 is 11.6 Å². The fourth-order valence-electron chi connectivity index (χ4n) is 4.64. The predicted octanol–water partition coefficient (Wildman–Crippen LogP) is 2.50. The number of morpholine rings is 1. The number of benzene rings is 1. The first-order chi connectivity index (χ1) is 16.9. The Morgan fingerprint density at radius 2 is 1.86 bits per heavy atom. The molecule has 2 fully saturated rings. The highest BCUT2D eigenvalue weighted by Gasteiger charge is 2.48. The van der Waals surface area contributed by atoms with Gasteiger partial charge in [-0.25, -0.2) is 0 Å².